The Morgan fingerprint density at radius 2 is 1.41 bits per heavy atom. The summed E-state index contributed by atoms with van der Waals surface area (Å²) < 4.78 is 14.7. The number of unbranched alkanes of at least 4 members (excludes halogenated alkanes) is 7. The maximum Gasteiger partial charge on any atom is 0.169 e. The third-order valence-corrected chi connectivity index (χ3v) is 9.18. The second kappa shape index (κ2) is 21.8. The van der Waals surface area contributed by atoms with Crippen LogP contribution in [0.2, 0.25) is 0 Å². The second-order valence-corrected chi connectivity index (χ2v) is 13.2. The summed E-state index contributed by atoms with van der Waals surface area (Å²) >= 11 is 0. The van der Waals surface area contributed by atoms with Gasteiger partial charge in [-0.2, -0.15) is 0 Å². The average Bonchev–Trinajstić information content (AvgIpc) is 3.56. The molecule has 0 aliphatic heterocycles. The molecule has 5 aromatic rings. The van der Waals surface area contributed by atoms with E-state index in [1.807, 2.05) is 12.2 Å². The van der Waals surface area contributed by atoms with E-state index in [9.17, 15) is 0 Å². The smallest absolute Gasteiger partial charge is 0.169 e. The predicted molar refractivity (Wildman–Crippen MR) is 212 cm³/mol. The fourth-order valence-electron chi connectivity index (χ4n) is 6.42. The summed E-state index contributed by atoms with van der Waals surface area (Å²) in [6.45, 7) is 12.6. The molecular formula is C46H55BrN2O2. The molecule has 1 N–H and O–H groups in total. The molecule has 0 amide bonds. The van der Waals surface area contributed by atoms with Crippen molar-refractivity contribution in [1.82, 2.24) is 4.98 Å². The van der Waals surface area contributed by atoms with E-state index < -0.39 is 0 Å². The summed E-state index contributed by atoms with van der Waals surface area (Å²) in [4.78, 5) is 3.34. The molecule has 0 fully saturated rings. The first-order chi connectivity index (χ1) is 24.7. The molecule has 0 spiro atoms. The van der Waals surface area contributed by atoms with Gasteiger partial charge in [0.1, 0.15) is 18.0 Å². The minimum Gasteiger partial charge on any atom is -1.00 e. The topological polar surface area (TPSA) is 38.1 Å². The molecule has 4 nitrogen and oxygen atoms in total. The lowest BCUT2D eigenvalue weighted by atomic mass is 9.97. The number of nitrogens with zero attached hydrogens (tertiary/aromatic N) is 1. The maximum atomic E-state index is 6.29. The van der Waals surface area contributed by atoms with Crippen molar-refractivity contribution in [3.8, 4) is 22.6 Å². The van der Waals surface area contributed by atoms with Crippen molar-refractivity contribution in [2.24, 2.45) is 0 Å². The van der Waals surface area contributed by atoms with Gasteiger partial charge in [0.15, 0.2) is 12.4 Å². The van der Waals surface area contributed by atoms with Gasteiger partial charge < -0.3 is 31.4 Å². The van der Waals surface area contributed by atoms with Crippen LogP contribution in [-0.2, 0) is 19.4 Å². The number of allylic oxidation sites excluding steroid dienone is 2. The first kappa shape index (κ1) is 39.4. The van der Waals surface area contributed by atoms with E-state index in [2.05, 4.69) is 133 Å². The number of hydrogen-bond donors (Lipinski definition) is 1. The van der Waals surface area contributed by atoms with Gasteiger partial charge in [-0.15, -0.1) is 13.2 Å². The molecule has 5 rings (SSSR count). The van der Waals surface area contributed by atoms with Crippen molar-refractivity contribution in [3.63, 3.8) is 0 Å². The maximum absolute atomic E-state index is 6.29. The number of hydrogen-bond acceptors (Lipinski definition) is 2. The van der Waals surface area contributed by atoms with Crippen molar-refractivity contribution in [3.05, 3.63) is 139 Å². The highest BCUT2D eigenvalue weighted by atomic mass is 79.9. The van der Waals surface area contributed by atoms with Crippen LogP contribution in [0.5, 0.6) is 11.5 Å². The number of rotatable bonds is 22. The molecule has 0 saturated carbocycles. The van der Waals surface area contributed by atoms with Crippen molar-refractivity contribution >= 4 is 23.1 Å². The molecular weight excluding hydrogens is 692 g/mol. The van der Waals surface area contributed by atoms with E-state index in [1.54, 1.807) is 0 Å². The van der Waals surface area contributed by atoms with Crippen LogP contribution in [0.25, 0.3) is 34.2 Å². The number of ether oxygens (including phenoxy) is 2. The van der Waals surface area contributed by atoms with Crippen LogP contribution in [0, 0.1) is 0 Å². The molecule has 0 saturated heterocycles. The quantitative estimate of drug-likeness (QED) is 0.0437. The van der Waals surface area contributed by atoms with E-state index in [1.165, 1.54) is 78.1 Å². The summed E-state index contributed by atoms with van der Waals surface area (Å²) in [6, 6.07) is 25.8. The van der Waals surface area contributed by atoms with Crippen molar-refractivity contribution in [2.45, 2.75) is 84.1 Å². The van der Waals surface area contributed by atoms with Gasteiger partial charge in [-0.05, 0) is 90.3 Å². The van der Waals surface area contributed by atoms with Gasteiger partial charge in [-0.1, -0.05) is 93.7 Å². The van der Waals surface area contributed by atoms with Gasteiger partial charge >= 0.3 is 0 Å². The van der Waals surface area contributed by atoms with Gasteiger partial charge in [0, 0.05) is 41.2 Å². The second-order valence-electron chi connectivity index (χ2n) is 13.2. The van der Waals surface area contributed by atoms with Gasteiger partial charge in [-0.3, -0.25) is 0 Å². The molecule has 0 bridgehead atoms. The van der Waals surface area contributed by atoms with E-state index in [4.69, 9.17) is 9.47 Å². The highest BCUT2D eigenvalue weighted by Crippen LogP contribution is 2.35. The lowest BCUT2D eigenvalue weighted by Crippen LogP contribution is -3.00. The number of aryl methyl sites for hydroxylation is 1. The third-order valence-electron chi connectivity index (χ3n) is 9.18. The molecule has 268 valence electrons. The van der Waals surface area contributed by atoms with Crippen LogP contribution in [-0.4, -0.2) is 18.2 Å². The Kier molecular flexibility index (Phi) is 16.8. The minimum atomic E-state index is 0. The monoisotopic (exact) mass is 746 g/mol. The van der Waals surface area contributed by atoms with Crippen LogP contribution in [0.15, 0.2) is 117 Å². The number of nitrogens with one attached hydrogen (secondary N) is 1. The number of aromatic nitrogens is 2. The lowest BCUT2D eigenvalue weighted by Gasteiger charge is -2.16. The Hall–Kier alpha value is -4.35. The fourth-order valence-corrected chi connectivity index (χ4v) is 6.42. The summed E-state index contributed by atoms with van der Waals surface area (Å²) in [5, 5.41) is 1.26. The Morgan fingerprint density at radius 3 is 2.18 bits per heavy atom. The Morgan fingerprint density at radius 1 is 0.706 bits per heavy atom. The number of pyridine rings is 1. The molecule has 0 aliphatic rings. The Bertz CT molecular complexity index is 1820. The molecule has 5 heteroatoms. The number of fused-ring (bicyclic) bond motifs is 1. The molecule has 3 aromatic carbocycles. The van der Waals surface area contributed by atoms with Crippen molar-refractivity contribution in [2.75, 3.05) is 13.2 Å². The molecule has 51 heavy (non-hydrogen) atoms. The molecule has 2 aromatic heterocycles. The van der Waals surface area contributed by atoms with Crippen LogP contribution in [0.4, 0.5) is 0 Å². The van der Waals surface area contributed by atoms with E-state index in [-0.39, 0.29) is 17.0 Å². The molecule has 0 aliphatic carbocycles. The SMILES string of the molecule is C=CCc1ccc(OCCC)c(-c2ccc(OCCCCCCCCCC[n+]3ccc(/C=C/c4c[nH]c5ccccc45)cc3)c(CC=C)c2)c1.[Br-]. The van der Waals surface area contributed by atoms with Crippen LogP contribution in [0.1, 0.15) is 87.0 Å². The van der Waals surface area contributed by atoms with Gasteiger partial charge in [-0.25, -0.2) is 4.57 Å². The highest BCUT2D eigenvalue weighted by molar-refractivity contribution is 5.91. The normalized spacial score (nSPS) is 11.1. The van der Waals surface area contributed by atoms with Crippen LogP contribution < -0.4 is 31.0 Å². The van der Waals surface area contributed by atoms with Crippen molar-refractivity contribution < 1.29 is 31.0 Å². The van der Waals surface area contributed by atoms with E-state index >= 15 is 0 Å². The minimum absolute atomic E-state index is 0. The molecule has 0 atom stereocenters. The largest absolute Gasteiger partial charge is 1.00 e. The first-order valence-corrected chi connectivity index (χ1v) is 18.7. The number of aromatic amines is 1. The van der Waals surface area contributed by atoms with Gasteiger partial charge in [0.25, 0.3) is 0 Å². The lowest BCUT2D eigenvalue weighted by molar-refractivity contribution is -0.697. The number of benzene rings is 3. The summed E-state index contributed by atoms with van der Waals surface area (Å²) in [7, 11) is 0. The van der Waals surface area contributed by atoms with Crippen molar-refractivity contribution in [1.29, 1.82) is 0 Å². The fraction of sp³-hybridized carbons (Fsp3) is 0.326. The number of H-pyrrole nitrogens is 1. The number of para-hydroxylation sites is 1. The molecule has 0 radical (unpaired) electrons. The Balaban J connectivity index is 0.00000583. The standard InChI is InChI=1S/C46H54N2O2.BrH/c1-4-17-38-22-25-46(49-32-6-3)43(34-38)39-24-26-45(40(35-39)18-5-2)50-33-16-12-10-8-7-9-11-15-29-48-30-27-37(28-31-48)21-23-41-36-47-44-20-14-13-19-42(41)44;/h4-5,13-14,19-28,30-31,34-36H,1-2,6-12,15-18,29,32-33H2,3H3;1H. The zero-order chi connectivity index (χ0) is 34.8. The predicted octanol–water partition coefficient (Wildman–Crippen LogP) is 8.74. The number of halogens is 1. The third kappa shape index (κ3) is 12.1. The van der Waals surface area contributed by atoms with E-state index in [0.717, 1.165) is 61.5 Å². The van der Waals surface area contributed by atoms with Crippen LogP contribution >= 0.6 is 0 Å². The first-order valence-electron chi connectivity index (χ1n) is 18.7. The molecule has 2 heterocycles. The highest BCUT2D eigenvalue weighted by Gasteiger charge is 2.12. The summed E-state index contributed by atoms with van der Waals surface area (Å²) in [5.41, 5.74) is 8.28. The average molecular weight is 748 g/mol. The zero-order valence-electron chi connectivity index (χ0n) is 30.4. The van der Waals surface area contributed by atoms with E-state index in [0.29, 0.717) is 6.61 Å². The van der Waals surface area contributed by atoms with Gasteiger partial charge in [0.2, 0.25) is 0 Å². The van der Waals surface area contributed by atoms with Crippen LogP contribution in [0.3, 0.4) is 0 Å². The summed E-state index contributed by atoms with van der Waals surface area (Å²) in [6.07, 6.45) is 27.3. The Labute approximate surface area is 316 Å². The molecule has 0 unspecified atom stereocenters. The zero-order valence-corrected chi connectivity index (χ0v) is 32.0. The summed E-state index contributed by atoms with van der Waals surface area (Å²) in [5.74, 6) is 1.88. The van der Waals surface area contributed by atoms with Gasteiger partial charge in [0.05, 0.1) is 13.2 Å².